The Bertz CT molecular complexity index is 256. The number of rotatable bonds is 5. The van der Waals surface area contributed by atoms with Gasteiger partial charge in [-0.15, -0.1) is 0 Å². The second kappa shape index (κ2) is 6.36. The van der Waals surface area contributed by atoms with Crippen molar-refractivity contribution in [1.29, 1.82) is 0 Å². The molecule has 0 radical (unpaired) electrons. The van der Waals surface area contributed by atoms with E-state index in [0.717, 1.165) is 5.57 Å². The van der Waals surface area contributed by atoms with Crippen LogP contribution in [0.5, 0.6) is 0 Å². The first-order chi connectivity index (χ1) is 6.49. The van der Waals surface area contributed by atoms with Crippen molar-refractivity contribution in [3.8, 4) is 0 Å². The second-order valence-corrected chi connectivity index (χ2v) is 3.84. The van der Waals surface area contributed by atoms with E-state index in [1.54, 1.807) is 12.2 Å². The van der Waals surface area contributed by atoms with Crippen molar-refractivity contribution in [3.05, 3.63) is 36.5 Å². The maximum Gasteiger partial charge on any atom is 0.158 e. The molecule has 0 aromatic heterocycles. The van der Waals surface area contributed by atoms with E-state index in [0.29, 0.717) is 5.92 Å². The Morgan fingerprint density at radius 1 is 1.14 bits per heavy atom. The third-order valence-corrected chi connectivity index (χ3v) is 2.29. The number of carbonyl (C=O) groups is 1. The van der Waals surface area contributed by atoms with E-state index in [2.05, 4.69) is 20.4 Å². The molecule has 0 aromatic carbocycles. The predicted molar refractivity (Wildman–Crippen MR) is 62.1 cm³/mol. The number of hydrogen-bond donors (Lipinski definition) is 0. The summed E-state index contributed by atoms with van der Waals surface area (Å²) in [6.45, 7) is 11.8. The molecule has 0 saturated carbocycles. The van der Waals surface area contributed by atoms with E-state index in [1.807, 2.05) is 26.0 Å². The maximum absolute atomic E-state index is 11.5. The minimum Gasteiger partial charge on any atom is -0.295 e. The van der Waals surface area contributed by atoms with Crippen LogP contribution in [0.3, 0.4) is 0 Å². The van der Waals surface area contributed by atoms with Gasteiger partial charge in [-0.1, -0.05) is 45.6 Å². The first-order valence-electron chi connectivity index (χ1n) is 5.02. The first-order valence-corrected chi connectivity index (χ1v) is 5.02. The highest BCUT2D eigenvalue weighted by Crippen LogP contribution is 2.11. The van der Waals surface area contributed by atoms with Gasteiger partial charge in [0.1, 0.15) is 0 Å². The number of carbonyl (C=O) groups excluding carboxylic acids is 1. The molecule has 0 amide bonds. The van der Waals surface area contributed by atoms with Crippen molar-refractivity contribution in [3.63, 3.8) is 0 Å². The molecule has 0 rings (SSSR count). The minimum absolute atomic E-state index is 0.0876. The van der Waals surface area contributed by atoms with Gasteiger partial charge < -0.3 is 0 Å². The molecule has 0 aliphatic heterocycles. The van der Waals surface area contributed by atoms with Crippen LogP contribution in [0, 0.1) is 11.8 Å². The van der Waals surface area contributed by atoms with Crippen LogP contribution >= 0.6 is 0 Å². The zero-order valence-corrected chi connectivity index (χ0v) is 9.58. The smallest absolute Gasteiger partial charge is 0.158 e. The van der Waals surface area contributed by atoms with Gasteiger partial charge in [0.2, 0.25) is 0 Å². The Labute approximate surface area is 87.2 Å². The third-order valence-electron chi connectivity index (χ3n) is 2.29. The fourth-order valence-corrected chi connectivity index (χ4v) is 0.939. The van der Waals surface area contributed by atoms with Crippen LogP contribution in [0.25, 0.3) is 0 Å². The van der Waals surface area contributed by atoms with Gasteiger partial charge in [0.05, 0.1) is 0 Å². The minimum atomic E-state index is 0.0876. The van der Waals surface area contributed by atoms with Gasteiger partial charge in [0.15, 0.2) is 5.78 Å². The average molecular weight is 192 g/mol. The Hall–Kier alpha value is -1.11. The van der Waals surface area contributed by atoms with E-state index >= 15 is 0 Å². The van der Waals surface area contributed by atoms with E-state index in [4.69, 9.17) is 0 Å². The van der Waals surface area contributed by atoms with E-state index in [-0.39, 0.29) is 11.7 Å². The van der Waals surface area contributed by atoms with Crippen LogP contribution in [-0.4, -0.2) is 5.78 Å². The molecular formula is C13H20O. The van der Waals surface area contributed by atoms with E-state index in [9.17, 15) is 4.79 Å². The second-order valence-electron chi connectivity index (χ2n) is 3.84. The molecule has 0 saturated heterocycles. The number of hydrogen-bond acceptors (Lipinski definition) is 1. The SMILES string of the molecule is C=C(C=CC)/C=C\C(=O)C(C)C(C)C. The Balaban J connectivity index is 4.25. The Morgan fingerprint density at radius 3 is 2.14 bits per heavy atom. The highest BCUT2D eigenvalue weighted by Gasteiger charge is 2.13. The lowest BCUT2D eigenvalue weighted by Gasteiger charge is -2.10. The maximum atomic E-state index is 11.5. The summed E-state index contributed by atoms with van der Waals surface area (Å²) in [4.78, 5) is 11.5. The first kappa shape index (κ1) is 12.9. The largest absolute Gasteiger partial charge is 0.295 e. The Morgan fingerprint density at radius 2 is 1.71 bits per heavy atom. The molecule has 0 N–H and O–H groups in total. The molecule has 14 heavy (non-hydrogen) atoms. The Kier molecular flexibility index (Phi) is 5.86. The topological polar surface area (TPSA) is 17.1 Å². The summed E-state index contributed by atoms with van der Waals surface area (Å²) in [7, 11) is 0. The zero-order chi connectivity index (χ0) is 11.1. The van der Waals surface area contributed by atoms with Crippen molar-refractivity contribution in [2.24, 2.45) is 11.8 Å². The quantitative estimate of drug-likeness (QED) is 0.481. The lowest BCUT2D eigenvalue weighted by atomic mass is 9.93. The predicted octanol–water partition coefficient (Wildman–Crippen LogP) is 3.54. The lowest BCUT2D eigenvalue weighted by molar-refractivity contribution is -0.118. The zero-order valence-electron chi connectivity index (χ0n) is 9.58. The van der Waals surface area contributed by atoms with Crippen molar-refractivity contribution >= 4 is 5.78 Å². The van der Waals surface area contributed by atoms with Crippen LogP contribution in [-0.2, 0) is 4.79 Å². The molecule has 1 nitrogen and oxygen atoms in total. The summed E-state index contributed by atoms with van der Waals surface area (Å²) in [5.74, 6) is 0.650. The van der Waals surface area contributed by atoms with Crippen LogP contribution in [0.4, 0.5) is 0 Å². The van der Waals surface area contributed by atoms with Gasteiger partial charge >= 0.3 is 0 Å². The molecule has 78 valence electrons. The third kappa shape index (κ3) is 4.80. The van der Waals surface area contributed by atoms with Gasteiger partial charge in [0, 0.05) is 5.92 Å². The fourth-order valence-electron chi connectivity index (χ4n) is 0.939. The van der Waals surface area contributed by atoms with Crippen molar-refractivity contribution < 1.29 is 4.79 Å². The van der Waals surface area contributed by atoms with Crippen LogP contribution in [0.1, 0.15) is 27.7 Å². The highest BCUT2D eigenvalue weighted by molar-refractivity contribution is 5.92. The molecule has 0 aliphatic carbocycles. The molecular weight excluding hydrogens is 172 g/mol. The molecule has 0 spiro atoms. The molecule has 0 aromatic rings. The van der Waals surface area contributed by atoms with Crippen LogP contribution in [0.15, 0.2) is 36.5 Å². The highest BCUT2D eigenvalue weighted by atomic mass is 16.1. The summed E-state index contributed by atoms with van der Waals surface area (Å²) in [6.07, 6.45) is 7.17. The van der Waals surface area contributed by atoms with Gasteiger partial charge in [-0.3, -0.25) is 4.79 Å². The van der Waals surface area contributed by atoms with E-state index in [1.165, 1.54) is 0 Å². The van der Waals surface area contributed by atoms with Crippen molar-refractivity contribution in [1.82, 2.24) is 0 Å². The average Bonchev–Trinajstić information content (AvgIpc) is 2.13. The van der Waals surface area contributed by atoms with Gasteiger partial charge in [-0.25, -0.2) is 0 Å². The summed E-state index contributed by atoms with van der Waals surface area (Å²) >= 11 is 0. The van der Waals surface area contributed by atoms with Crippen LogP contribution < -0.4 is 0 Å². The molecule has 1 atom stereocenters. The lowest BCUT2D eigenvalue weighted by Crippen LogP contribution is -2.14. The van der Waals surface area contributed by atoms with Gasteiger partial charge in [0.25, 0.3) is 0 Å². The molecule has 1 heteroatoms. The molecule has 1 unspecified atom stereocenters. The standard InChI is InChI=1S/C13H20O/c1-6-7-11(4)8-9-13(14)12(5)10(2)3/h6-10,12H,4H2,1-3,5H3/b7-6?,9-8-. The summed E-state index contributed by atoms with van der Waals surface area (Å²) in [5.41, 5.74) is 0.858. The normalized spacial score (nSPS) is 14.1. The number of ketones is 1. The molecule has 0 fully saturated rings. The van der Waals surface area contributed by atoms with Crippen LogP contribution in [0.2, 0.25) is 0 Å². The summed E-state index contributed by atoms with van der Waals surface area (Å²) < 4.78 is 0. The van der Waals surface area contributed by atoms with Crippen molar-refractivity contribution in [2.45, 2.75) is 27.7 Å². The van der Waals surface area contributed by atoms with Crippen molar-refractivity contribution in [2.75, 3.05) is 0 Å². The number of allylic oxidation sites excluding steroid dienone is 5. The summed E-state index contributed by atoms with van der Waals surface area (Å²) in [6, 6.07) is 0. The van der Waals surface area contributed by atoms with E-state index < -0.39 is 0 Å². The fraction of sp³-hybridized carbons (Fsp3) is 0.462. The van der Waals surface area contributed by atoms with Gasteiger partial charge in [-0.2, -0.15) is 0 Å². The molecule has 0 bridgehead atoms. The van der Waals surface area contributed by atoms with Gasteiger partial charge in [-0.05, 0) is 24.5 Å². The molecule has 0 aliphatic rings. The molecule has 0 heterocycles. The monoisotopic (exact) mass is 192 g/mol. The summed E-state index contributed by atoms with van der Waals surface area (Å²) in [5, 5.41) is 0.